The van der Waals surface area contributed by atoms with Gasteiger partial charge in [0.1, 0.15) is 12.2 Å². The molecule has 23 heavy (non-hydrogen) atoms. The summed E-state index contributed by atoms with van der Waals surface area (Å²) in [7, 11) is 2.85. The highest BCUT2D eigenvalue weighted by atomic mass is 16.7. The minimum atomic E-state index is -1.24. The molecule has 1 saturated heterocycles. The zero-order valence-electron chi connectivity index (χ0n) is 13.8. The molecule has 0 saturated carbocycles. The van der Waals surface area contributed by atoms with Crippen LogP contribution in [0.1, 0.15) is 20.8 Å². The van der Waals surface area contributed by atoms with E-state index < -0.39 is 48.6 Å². The Balaban J connectivity index is 3.14. The molecule has 0 bridgehead atoms. The number of ether oxygens (including phenoxy) is 6. The van der Waals surface area contributed by atoms with Gasteiger partial charge in [-0.1, -0.05) is 0 Å². The molecule has 0 amide bonds. The first-order valence-electron chi connectivity index (χ1n) is 6.99. The third-order valence-electron chi connectivity index (χ3n) is 3.08. The Morgan fingerprint density at radius 1 is 0.826 bits per heavy atom. The molecule has 1 fully saturated rings. The lowest BCUT2D eigenvalue weighted by molar-refractivity contribution is -0.301. The Morgan fingerprint density at radius 3 is 1.78 bits per heavy atom. The zero-order valence-corrected chi connectivity index (χ0v) is 13.8. The van der Waals surface area contributed by atoms with Gasteiger partial charge < -0.3 is 28.4 Å². The van der Waals surface area contributed by atoms with Crippen LogP contribution in [0.25, 0.3) is 0 Å². The molecule has 0 aromatic carbocycles. The molecule has 0 aliphatic carbocycles. The maximum atomic E-state index is 11.4. The molecule has 1 rings (SSSR count). The molecule has 0 spiro atoms. The van der Waals surface area contributed by atoms with Crippen LogP contribution in [-0.2, 0) is 42.8 Å². The molecule has 0 N–H and O–H groups in total. The van der Waals surface area contributed by atoms with Crippen molar-refractivity contribution in [2.75, 3.05) is 20.8 Å². The van der Waals surface area contributed by atoms with Crippen molar-refractivity contribution in [2.24, 2.45) is 0 Å². The standard InChI is InChI=1S/C14H22O9/c1-7(15)20-12-11(19-5)10(6-18-4)23-14(22-9(3)17)13(12)21-8(2)16/h10-14H,6H2,1-5H3/t10?,11-,12?,13?,14+/m0/s1. The predicted octanol–water partition coefficient (Wildman–Crippen LogP) is -0.201. The molecule has 1 aliphatic heterocycles. The summed E-state index contributed by atoms with van der Waals surface area (Å²) in [6.45, 7) is 3.67. The molecule has 1 heterocycles. The van der Waals surface area contributed by atoms with Crippen molar-refractivity contribution in [2.45, 2.75) is 51.5 Å². The van der Waals surface area contributed by atoms with E-state index in [1.807, 2.05) is 0 Å². The van der Waals surface area contributed by atoms with E-state index in [2.05, 4.69) is 0 Å². The van der Waals surface area contributed by atoms with Gasteiger partial charge in [-0.15, -0.1) is 0 Å². The van der Waals surface area contributed by atoms with Crippen molar-refractivity contribution in [3.05, 3.63) is 0 Å². The van der Waals surface area contributed by atoms with E-state index in [1.165, 1.54) is 35.0 Å². The van der Waals surface area contributed by atoms with Gasteiger partial charge in [-0.25, -0.2) is 0 Å². The third kappa shape index (κ3) is 5.45. The number of hydrogen-bond donors (Lipinski definition) is 0. The monoisotopic (exact) mass is 334 g/mol. The second-order valence-electron chi connectivity index (χ2n) is 4.96. The van der Waals surface area contributed by atoms with Crippen LogP contribution >= 0.6 is 0 Å². The molecule has 9 nitrogen and oxygen atoms in total. The largest absolute Gasteiger partial charge is 0.455 e. The number of esters is 3. The van der Waals surface area contributed by atoms with Gasteiger partial charge in [0.15, 0.2) is 6.10 Å². The lowest BCUT2D eigenvalue weighted by Crippen LogP contribution is -2.62. The fourth-order valence-corrected chi connectivity index (χ4v) is 2.36. The molecular formula is C14H22O9. The summed E-state index contributed by atoms with van der Waals surface area (Å²) in [5.41, 5.74) is 0. The highest BCUT2D eigenvalue weighted by molar-refractivity contribution is 5.68. The van der Waals surface area contributed by atoms with Gasteiger partial charge in [0.05, 0.1) is 6.61 Å². The summed E-state index contributed by atoms with van der Waals surface area (Å²) in [6, 6.07) is 0. The van der Waals surface area contributed by atoms with E-state index >= 15 is 0 Å². The number of methoxy groups -OCH3 is 2. The van der Waals surface area contributed by atoms with Gasteiger partial charge in [0.2, 0.25) is 12.4 Å². The minimum absolute atomic E-state index is 0.0980. The summed E-state index contributed by atoms with van der Waals surface area (Å²) < 4.78 is 31.4. The van der Waals surface area contributed by atoms with Gasteiger partial charge in [0, 0.05) is 35.0 Å². The summed E-state index contributed by atoms with van der Waals surface area (Å²) in [5, 5.41) is 0. The summed E-state index contributed by atoms with van der Waals surface area (Å²) in [5.74, 6) is -1.89. The maximum Gasteiger partial charge on any atom is 0.305 e. The predicted molar refractivity (Wildman–Crippen MR) is 74.2 cm³/mol. The summed E-state index contributed by atoms with van der Waals surface area (Å²) >= 11 is 0. The van der Waals surface area contributed by atoms with Gasteiger partial charge in [-0.3, -0.25) is 14.4 Å². The van der Waals surface area contributed by atoms with Crippen LogP contribution in [0.5, 0.6) is 0 Å². The van der Waals surface area contributed by atoms with Crippen LogP contribution in [0.2, 0.25) is 0 Å². The molecule has 0 aromatic rings. The first-order valence-corrected chi connectivity index (χ1v) is 6.99. The van der Waals surface area contributed by atoms with Crippen molar-refractivity contribution in [3.8, 4) is 0 Å². The Hall–Kier alpha value is -1.71. The van der Waals surface area contributed by atoms with E-state index in [1.54, 1.807) is 0 Å². The Bertz CT molecular complexity index is 436. The molecule has 5 atom stereocenters. The molecule has 3 unspecified atom stereocenters. The number of rotatable bonds is 6. The lowest BCUT2D eigenvalue weighted by atomic mass is 9.98. The van der Waals surface area contributed by atoms with Crippen LogP contribution in [0, 0.1) is 0 Å². The van der Waals surface area contributed by atoms with Crippen LogP contribution in [0.3, 0.4) is 0 Å². The van der Waals surface area contributed by atoms with Crippen molar-refractivity contribution in [1.29, 1.82) is 0 Å². The van der Waals surface area contributed by atoms with Crippen molar-refractivity contribution < 1.29 is 42.8 Å². The van der Waals surface area contributed by atoms with Crippen LogP contribution in [0.4, 0.5) is 0 Å². The summed E-state index contributed by atoms with van der Waals surface area (Å²) in [4.78, 5) is 34.0. The number of hydrogen-bond acceptors (Lipinski definition) is 9. The van der Waals surface area contributed by atoms with Crippen molar-refractivity contribution >= 4 is 17.9 Å². The Labute approximate surface area is 134 Å². The molecule has 0 radical (unpaired) electrons. The summed E-state index contributed by atoms with van der Waals surface area (Å²) in [6.07, 6.45) is -4.87. The van der Waals surface area contributed by atoms with E-state index in [9.17, 15) is 14.4 Å². The Kier molecular flexibility index (Phi) is 7.40. The van der Waals surface area contributed by atoms with E-state index in [0.29, 0.717) is 0 Å². The average Bonchev–Trinajstić information content (AvgIpc) is 2.41. The topological polar surface area (TPSA) is 107 Å². The SMILES string of the molecule is COCC1O[C@@H](OC(C)=O)C(OC(C)=O)C(OC(C)=O)[C@H]1OC. The smallest absolute Gasteiger partial charge is 0.305 e. The highest BCUT2D eigenvalue weighted by Crippen LogP contribution is 2.29. The maximum absolute atomic E-state index is 11.4. The minimum Gasteiger partial charge on any atom is -0.455 e. The molecule has 132 valence electrons. The lowest BCUT2D eigenvalue weighted by Gasteiger charge is -2.43. The number of carbonyl (C=O) groups is 3. The molecule has 0 aromatic heterocycles. The number of carbonyl (C=O) groups excluding carboxylic acids is 3. The zero-order chi connectivity index (χ0) is 17.6. The first kappa shape index (κ1) is 19.3. The van der Waals surface area contributed by atoms with Crippen LogP contribution < -0.4 is 0 Å². The van der Waals surface area contributed by atoms with Gasteiger partial charge in [-0.2, -0.15) is 0 Å². The van der Waals surface area contributed by atoms with E-state index in [4.69, 9.17) is 28.4 Å². The van der Waals surface area contributed by atoms with Crippen LogP contribution in [-0.4, -0.2) is 69.4 Å². The second-order valence-corrected chi connectivity index (χ2v) is 4.96. The third-order valence-corrected chi connectivity index (χ3v) is 3.08. The fraction of sp³-hybridized carbons (Fsp3) is 0.786. The molecule has 9 heteroatoms. The second kappa shape index (κ2) is 8.80. The molecule has 1 aliphatic rings. The normalized spacial score (nSPS) is 30.4. The van der Waals surface area contributed by atoms with Crippen molar-refractivity contribution in [1.82, 2.24) is 0 Å². The van der Waals surface area contributed by atoms with Crippen LogP contribution in [0.15, 0.2) is 0 Å². The van der Waals surface area contributed by atoms with Gasteiger partial charge in [0.25, 0.3) is 0 Å². The Morgan fingerprint density at radius 2 is 1.35 bits per heavy atom. The highest BCUT2D eigenvalue weighted by Gasteiger charge is 2.51. The fourth-order valence-electron chi connectivity index (χ4n) is 2.36. The average molecular weight is 334 g/mol. The van der Waals surface area contributed by atoms with E-state index in [0.717, 1.165) is 0 Å². The van der Waals surface area contributed by atoms with Gasteiger partial charge >= 0.3 is 17.9 Å². The quantitative estimate of drug-likeness (QED) is 0.482. The van der Waals surface area contributed by atoms with Gasteiger partial charge in [-0.05, 0) is 0 Å². The van der Waals surface area contributed by atoms with Crippen molar-refractivity contribution in [3.63, 3.8) is 0 Å². The molecular weight excluding hydrogens is 312 g/mol. The first-order chi connectivity index (χ1) is 10.8. The van der Waals surface area contributed by atoms with E-state index in [-0.39, 0.29) is 6.61 Å².